The van der Waals surface area contributed by atoms with Gasteiger partial charge in [0.15, 0.2) is 0 Å². The van der Waals surface area contributed by atoms with Crippen molar-refractivity contribution in [3.05, 3.63) is 0 Å². The van der Waals surface area contributed by atoms with Crippen LogP contribution < -0.4 is 0 Å². The maximum atomic E-state index is 11.1. The Morgan fingerprint density at radius 1 is 1.42 bits per heavy atom. The lowest BCUT2D eigenvalue weighted by atomic mass is 9.83. The molecule has 0 fully saturated rings. The van der Waals surface area contributed by atoms with Gasteiger partial charge in [0.1, 0.15) is 0 Å². The molecule has 0 aromatic heterocycles. The molecule has 2 unspecified atom stereocenters. The summed E-state index contributed by atoms with van der Waals surface area (Å²) in [7, 11) is 1.36. The highest BCUT2D eigenvalue weighted by molar-refractivity contribution is 5.72. The summed E-state index contributed by atoms with van der Waals surface area (Å²) in [5.41, 5.74) is -0.840. The molecule has 0 saturated heterocycles. The molecule has 0 amide bonds. The fourth-order valence-corrected chi connectivity index (χ4v) is 1.00. The molecule has 0 aliphatic rings. The molecule has 0 rings (SSSR count). The molecule has 0 aliphatic carbocycles. The highest BCUT2D eigenvalue weighted by Crippen LogP contribution is 2.24. The Kier molecular flexibility index (Phi) is 3.71. The number of aliphatic hydroxyl groups is 1. The van der Waals surface area contributed by atoms with Crippen molar-refractivity contribution >= 4 is 5.97 Å². The Hall–Kier alpha value is -0.570. The van der Waals surface area contributed by atoms with E-state index < -0.39 is 5.60 Å². The molecule has 0 aliphatic heterocycles. The molecule has 2 atom stereocenters. The van der Waals surface area contributed by atoms with Crippen LogP contribution in [0.15, 0.2) is 0 Å². The van der Waals surface area contributed by atoms with E-state index in [0.717, 1.165) is 0 Å². The SMILES string of the molecule is COC(=O)C(C)C(C)C(C)(C)O. The van der Waals surface area contributed by atoms with Crippen LogP contribution >= 0.6 is 0 Å². The first kappa shape index (κ1) is 11.4. The summed E-state index contributed by atoms with van der Waals surface area (Å²) in [5.74, 6) is -0.649. The molecule has 0 aromatic rings. The number of carbonyl (C=O) groups excluding carboxylic acids is 1. The number of rotatable bonds is 3. The van der Waals surface area contributed by atoms with Crippen molar-refractivity contribution in [2.24, 2.45) is 11.8 Å². The second-order valence-electron chi connectivity index (χ2n) is 3.75. The fraction of sp³-hybridized carbons (Fsp3) is 0.889. The van der Waals surface area contributed by atoms with Gasteiger partial charge in [-0.15, -0.1) is 0 Å². The highest BCUT2D eigenvalue weighted by atomic mass is 16.5. The third-order valence-electron chi connectivity index (χ3n) is 2.44. The second-order valence-corrected chi connectivity index (χ2v) is 3.75. The summed E-state index contributed by atoms with van der Waals surface area (Å²) in [5, 5.41) is 9.59. The van der Waals surface area contributed by atoms with Gasteiger partial charge in [-0.1, -0.05) is 13.8 Å². The van der Waals surface area contributed by atoms with Crippen molar-refractivity contribution in [1.82, 2.24) is 0 Å². The van der Waals surface area contributed by atoms with Crippen molar-refractivity contribution in [3.8, 4) is 0 Å². The normalized spacial score (nSPS) is 16.8. The van der Waals surface area contributed by atoms with E-state index in [4.69, 9.17) is 0 Å². The van der Waals surface area contributed by atoms with Crippen LogP contribution in [0.3, 0.4) is 0 Å². The maximum Gasteiger partial charge on any atom is 0.308 e. The maximum absolute atomic E-state index is 11.1. The summed E-state index contributed by atoms with van der Waals surface area (Å²) in [4.78, 5) is 11.1. The fourth-order valence-electron chi connectivity index (χ4n) is 1.00. The van der Waals surface area contributed by atoms with Crippen molar-refractivity contribution in [1.29, 1.82) is 0 Å². The average Bonchev–Trinajstić information content (AvgIpc) is 1.98. The van der Waals surface area contributed by atoms with Gasteiger partial charge in [0.05, 0.1) is 18.6 Å². The molecule has 0 spiro atoms. The zero-order chi connectivity index (χ0) is 9.94. The first-order chi connectivity index (χ1) is 5.30. The molecule has 0 bridgehead atoms. The summed E-state index contributed by atoms with van der Waals surface area (Å²) >= 11 is 0. The summed E-state index contributed by atoms with van der Waals surface area (Å²) in [6.07, 6.45) is 0. The third-order valence-corrected chi connectivity index (χ3v) is 2.44. The third kappa shape index (κ3) is 2.81. The Bertz CT molecular complexity index is 158. The number of methoxy groups -OCH3 is 1. The van der Waals surface area contributed by atoms with Gasteiger partial charge >= 0.3 is 5.97 Å². The molecule has 0 radical (unpaired) electrons. The summed E-state index contributed by atoms with van der Waals surface area (Å²) in [6.45, 7) is 6.98. The molecular weight excluding hydrogens is 156 g/mol. The molecule has 0 heterocycles. The van der Waals surface area contributed by atoms with Gasteiger partial charge in [-0.2, -0.15) is 0 Å². The number of carbonyl (C=O) groups is 1. The predicted molar refractivity (Wildman–Crippen MR) is 46.6 cm³/mol. The predicted octanol–water partition coefficient (Wildman–Crippen LogP) is 1.20. The topological polar surface area (TPSA) is 46.5 Å². The Labute approximate surface area is 73.7 Å². The molecule has 3 nitrogen and oxygen atoms in total. The van der Waals surface area contributed by atoms with Crippen molar-refractivity contribution < 1.29 is 14.6 Å². The van der Waals surface area contributed by atoms with Gasteiger partial charge in [0.2, 0.25) is 0 Å². The van der Waals surface area contributed by atoms with Gasteiger partial charge < -0.3 is 9.84 Å². The molecule has 72 valence electrons. The number of hydrogen-bond donors (Lipinski definition) is 1. The van der Waals surface area contributed by atoms with Crippen LogP contribution in [0.2, 0.25) is 0 Å². The molecular formula is C9H18O3. The minimum Gasteiger partial charge on any atom is -0.469 e. The Morgan fingerprint density at radius 2 is 1.83 bits per heavy atom. The molecule has 1 N–H and O–H groups in total. The highest BCUT2D eigenvalue weighted by Gasteiger charge is 2.31. The molecule has 0 aromatic carbocycles. The van der Waals surface area contributed by atoms with Crippen molar-refractivity contribution in [2.75, 3.05) is 7.11 Å². The van der Waals surface area contributed by atoms with Crippen molar-refractivity contribution in [2.45, 2.75) is 33.3 Å². The van der Waals surface area contributed by atoms with Gasteiger partial charge in [-0.05, 0) is 19.8 Å². The van der Waals surface area contributed by atoms with Gasteiger partial charge in [-0.25, -0.2) is 0 Å². The lowest BCUT2D eigenvalue weighted by Gasteiger charge is -2.29. The first-order valence-electron chi connectivity index (χ1n) is 4.11. The van der Waals surface area contributed by atoms with E-state index in [2.05, 4.69) is 4.74 Å². The summed E-state index contributed by atoms with van der Waals surface area (Å²) < 4.78 is 4.58. The monoisotopic (exact) mass is 174 g/mol. The second kappa shape index (κ2) is 3.90. The van der Waals surface area contributed by atoms with E-state index in [1.54, 1.807) is 20.8 Å². The van der Waals surface area contributed by atoms with Gasteiger partial charge in [-0.3, -0.25) is 4.79 Å². The minimum atomic E-state index is -0.840. The van der Waals surface area contributed by atoms with E-state index in [9.17, 15) is 9.90 Å². The van der Waals surface area contributed by atoms with Crippen LogP contribution in [0.25, 0.3) is 0 Å². The standard InChI is InChI=1S/C9H18O3/c1-6(8(10)12-5)7(2)9(3,4)11/h6-7,11H,1-5H3. The number of esters is 1. The van der Waals surface area contributed by atoms with Crippen molar-refractivity contribution in [3.63, 3.8) is 0 Å². The van der Waals surface area contributed by atoms with Gasteiger partial charge in [0, 0.05) is 0 Å². The molecule has 0 saturated carbocycles. The summed E-state index contributed by atoms with van der Waals surface area (Å²) in [6, 6.07) is 0. The zero-order valence-electron chi connectivity index (χ0n) is 8.42. The van der Waals surface area contributed by atoms with E-state index in [1.807, 2.05) is 6.92 Å². The lowest BCUT2D eigenvalue weighted by molar-refractivity contribution is -0.150. The first-order valence-corrected chi connectivity index (χ1v) is 4.11. The average molecular weight is 174 g/mol. The van der Waals surface area contributed by atoms with E-state index in [-0.39, 0.29) is 17.8 Å². The smallest absolute Gasteiger partial charge is 0.308 e. The van der Waals surface area contributed by atoms with Gasteiger partial charge in [0.25, 0.3) is 0 Å². The van der Waals surface area contributed by atoms with Crippen LogP contribution in [0.1, 0.15) is 27.7 Å². The molecule has 3 heteroatoms. The van der Waals surface area contributed by atoms with Crippen LogP contribution in [0.5, 0.6) is 0 Å². The van der Waals surface area contributed by atoms with Crippen LogP contribution in [0, 0.1) is 11.8 Å². The number of ether oxygens (including phenoxy) is 1. The van der Waals surface area contributed by atoms with E-state index in [0.29, 0.717) is 0 Å². The Balaban J connectivity index is 4.29. The lowest BCUT2D eigenvalue weighted by Crippen LogP contribution is -2.36. The van der Waals surface area contributed by atoms with Crippen LogP contribution in [-0.2, 0) is 9.53 Å². The zero-order valence-corrected chi connectivity index (χ0v) is 8.42. The quantitative estimate of drug-likeness (QED) is 0.654. The number of hydrogen-bond acceptors (Lipinski definition) is 3. The molecule has 12 heavy (non-hydrogen) atoms. The minimum absolute atomic E-state index is 0.107. The van der Waals surface area contributed by atoms with Crippen LogP contribution in [-0.4, -0.2) is 23.8 Å². The van der Waals surface area contributed by atoms with Crippen LogP contribution in [0.4, 0.5) is 0 Å². The largest absolute Gasteiger partial charge is 0.469 e. The Morgan fingerprint density at radius 3 is 2.08 bits per heavy atom. The van der Waals surface area contributed by atoms with E-state index in [1.165, 1.54) is 7.11 Å². The van der Waals surface area contributed by atoms with E-state index >= 15 is 0 Å².